The molecule has 1 heterocycles. The van der Waals surface area contributed by atoms with Crippen molar-refractivity contribution in [2.24, 2.45) is 5.92 Å². The lowest BCUT2D eigenvalue weighted by atomic mass is 10.2. The lowest BCUT2D eigenvalue weighted by molar-refractivity contribution is 0.277. The normalized spacial score (nSPS) is 27.0. The van der Waals surface area contributed by atoms with E-state index in [4.69, 9.17) is 6.42 Å². The van der Waals surface area contributed by atoms with Gasteiger partial charge < -0.3 is 5.32 Å². The fraction of sp³-hybridized carbons (Fsp3) is 0.846. The van der Waals surface area contributed by atoms with Crippen molar-refractivity contribution in [2.75, 3.05) is 37.7 Å². The van der Waals surface area contributed by atoms with E-state index in [9.17, 15) is 8.42 Å². The Morgan fingerprint density at radius 3 is 2.78 bits per heavy atom. The first-order chi connectivity index (χ1) is 8.59. The van der Waals surface area contributed by atoms with Crippen LogP contribution in [0.3, 0.4) is 0 Å². The molecule has 1 atom stereocenters. The minimum atomic E-state index is -2.82. The third-order valence-corrected chi connectivity index (χ3v) is 5.36. The van der Waals surface area contributed by atoms with Gasteiger partial charge in [-0.2, -0.15) is 0 Å². The van der Waals surface area contributed by atoms with Crippen molar-refractivity contribution in [1.82, 2.24) is 10.2 Å². The predicted molar refractivity (Wildman–Crippen MR) is 73.1 cm³/mol. The van der Waals surface area contributed by atoms with E-state index in [0.29, 0.717) is 13.1 Å². The first kappa shape index (κ1) is 13.9. The quantitative estimate of drug-likeness (QED) is 0.696. The summed E-state index contributed by atoms with van der Waals surface area (Å²) in [5, 5.41) is 3.28. The highest BCUT2D eigenvalue weighted by molar-refractivity contribution is 7.91. The van der Waals surface area contributed by atoms with Gasteiger partial charge in [-0.1, -0.05) is 5.92 Å². The highest BCUT2D eigenvalue weighted by Crippen LogP contribution is 2.29. The summed E-state index contributed by atoms with van der Waals surface area (Å²) in [5.74, 6) is 4.07. The number of nitrogens with zero attached hydrogens (tertiary/aromatic N) is 1. The van der Waals surface area contributed by atoms with E-state index in [-0.39, 0.29) is 17.5 Å². The molecule has 0 aromatic rings. The Bertz CT molecular complexity index is 409. The van der Waals surface area contributed by atoms with Gasteiger partial charge in [0, 0.05) is 25.7 Å². The van der Waals surface area contributed by atoms with E-state index >= 15 is 0 Å². The SMILES string of the molecule is C#CCN(CCC1CS(=O)(=O)CCN1)CC1CC1. The number of sulfone groups is 1. The van der Waals surface area contributed by atoms with E-state index in [1.54, 1.807) is 0 Å². The van der Waals surface area contributed by atoms with E-state index in [2.05, 4.69) is 16.1 Å². The molecule has 0 aromatic heterocycles. The van der Waals surface area contributed by atoms with Crippen LogP contribution >= 0.6 is 0 Å². The number of nitrogens with one attached hydrogen (secondary N) is 1. The largest absolute Gasteiger partial charge is 0.312 e. The molecule has 1 aliphatic heterocycles. The van der Waals surface area contributed by atoms with Gasteiger partial charge in [0.05, 0.1) is 18.1 Å². The van der Waals surface area contributed by atoms with Crippen LogP contribution in [-0.4, -0.2) is 57.0 Å². The van der Waals surface area contributed by atoms with Crippen LogP contribution in [0, 0.1) is 18.3 Å². The minimum Gasteiger partial charge on any atom is -0.312 e. The molecule has 1 saturated heterocycles. The zero-order valence-corrected chi connectivity index (χ0v) is 11.6. The molecule has 2 rings (SSSR count). The van der Waals surface area contributed by atoms with Crippen LogP contribution in [0.25, 0.3) is 0 Å². The Morgan fingerprint density at radius 1 is 1.39 bits per heavy atom. The minimum absolute atomic E-state index is 0.100. The number of terminal acetylenes is 1. The van der Waals surface area contributed by atoms with Crippen LogP contribution < -0.4 is 5.32 Å². The van der Waals surface area contributed by atoms with Crippen LogP contribution in [-0.2, 0) is 9.84 Å². The van der Waals surface area contributed by atoms with Crippen molar-refractivity contribution < 1.29 is 8.42 Å². The van der Waals surface area contributed by atoms with Gasteiger partial charge in [0.15, 0.2) is 9.84 Å². The zero-order valence-electron chi connectivity index (χ0n) is 10.8. The molecule has 1 saturated carbocycles. The second-order valence-corrected chi connectivity index (χ2v) is 7.67. The second kappa shape index (κ2) is 6.05. The first-order valence-electron chi connectivity index (χ1n) is 6.69. The number of hydrogen-bond acceptors (Lipinski definition) is 4. The fourth-order valence-electron chi connectivity index (χ4n) is 2.42. The van der Waals surface area contributed by atoms with Gasteiger partial charge in [0.1, 0.15) is 0 Å². The van der Waals surface area contributed by atoms with Gasteiger partial charge in [-0.3, -0.25) is 4.90 Å². The van der Waals surface area contributed by atoms with E-state index in [0.717, 1.165) is 25.4 Å². The zero-order chi connectivity index (χ0) is 13.0. The topological polar surface area (TPSA) is 49.4 Å². The second-order valence-electron chi connectivity index (χ2n) is 5.44. The van der Waals surface area contributed by atoms with Gasteiger partial charge in [0.25, 0.3) is 0 Å². The summed E-state index contributed by atoms with van der Waals surface area (Å²) in [7, 11) is -2.82. The van der Waals surface area contributed by atoms with Crippen molar-refractivity contribution in [2.45, 2.75) is 25.3 Å². The molecule has 1 aliphatic carbocycles. The van der Waals surface area contributed by atoms with Gasteiger partial charge in [-0.05, 0) is 25.2 Å². The van der Waals surface area contributed by atoms with Crippen LogP contribution in [0.4, 0.5) is 0 Å². The van der Waals surface area contributed by atoms with Gasteiger partial charge >= 0.3 is 0 Å². The maximum Gasteiger partial charge on any atom is 0.153 e. The maximum atomic E-state index is 11.5. The molecule has 0 bridgehead atoms. The third kappa shape index (κ3) is 4.60. The van der Waals surface area contributed by atoms with Crippen molar-refractivity contribution >= 4 is 9.84 Å². The summed E-state index contributed by atoms with van der Waals surface area (Å²) in [6.45, 7) is 3.23. The predicted octanol–water partition coefficient (Wildman–Crippen LogP) is 0.108. The van der Waals surface area contributed by atoms with Crippen LogP contribution in [0.15, 0.2) is 0 Å². The lowest BCUT2D eigenvalue weighted by Gasteiger charge is -2.27. The molecule has 0 radical (unpaired) electrons. The van der Waals surface area contributed by atoms with Crippen LogP contribution in [0.1, 0.15) is 19.3 Å². The monoisotopic (exact) mass is 270 g/mol. The number of hydrogen-bond donors (Lipinski definition) is 1. The molecule has 0 spiro atoms. The molecule has 0 aromatic carbocycles. The molecular formula is C13H22N2O2S. The van der Waals surface area contributed by atoms with Crippen LogP contribution in [0.5, 0.6) is 0 Å². The van der Waals surface area contributed by atoms with Gasteiger partial charge in [-0.25, -0.2) is 8.42 Å². The summed E-state index contributed by atoms with van der Waals surface area (Å²) in [6.07, 6.45) is 8.88. The highest BCUT2D eigenvalue weighted by atomic mass is 32.2. The van der Waals surface area contributed by atoms with Crippen molar-refractivity contribution in [3.63, 3.8) is 0 Å². The molecule has 0 amide bonds. The first-order valence-corrected chi connectivity index (χ1v) is 8.51. The molecule has 2 fully saturated rings. The van der Waals surface area contributed by atoms with E-state index in [1.807, 2.05) is 0 Å². The van der Waals surface area contributed by atoms with Crippen LogP contribution in [0.2, 0.25) is 0 Å². The molecular weight excluding hydrogens is 248 g/mol. The van der Waals surface area contributed by atoms with Gasteiger partial charge in [-0.15, -0.1) is 6.42 Å². The van der Waals surface area contributed by atoms with Crippen molar-refractivity contribution in [3.05, 3.63) is 0 Å². The molecule has 18 heavy (non-hydrogen) atoms. The Balaban J connectivity index is 1.75. The maximum absolute atomic E-state index is 11.5. The van der Waals surface area contributed by atoms with E-state index in [1.165, 1.54) is 12.8 Å². The van der Waals surface area contributed by atoms with Crippen molar-refractivity contribution in [3.8, 4) is 12.3 Å². The summed E-state index contributed by atoms with van der Waals surface area (Å²) in [6, 6.07) is 0.100. The lowest BCUT2D eigenvalue weighted by Crippen LogP contribution is -2.46. The Morgan fingerprint density at radius 2 is 2.17 bits per heavy atom. The molecule has 2 aliphatic rings. The van der Waals surface area contributed by atoms with Crippen molar-refractivity contribution in [1.29, 1.82) is 0 Å². The standard InChI is InChI=1S/C13H22N2O2S/c1-2-7-15(10-12-3-4-12)8-5-13-11-18(16,17)9-6-14-13/h1,12-14H,3-11H2. The average molecular weight is 270 g/mol. The average Bonchev–Trinajstić information content (AvgIpc) is 3.09. The molecule has 4 nitrogen and oxygen atoms in total. The summed E-state index contributed by atoms with van der Waals surface area (Å²) in [4.78, 5) is 2.28. The Labute approximate surface area is 110 Å². The van der Waals surface area contributed by atoms with E-state index < -0.39 is 9.84 Å². The molecule has 5 heteroatoms. The smallest absolute Gasteiger partial charge is 0.153 e. The van der Waals surface area contributed by atoms with Gasteiger partial charge in [0.2, 0.25) is 0 Å². The Hall–Kier alpha value is -0.570. The highest BCUT2D eigenvalue weighted by Gasteiger charge is 2.26. The Kier molecular flexibility index (Phi) is 4.66. The fourth-order valence-corrected chi connectivity index (χ4v) is 3.91. The summed E-state index contributed by atoms with van der Waals surface area (Å²) < 4.78 is 23.1. The molecule has 1 N–H and O–H groups in total. The summed E-state index contributed by atoms with van der Waals surface area (Å²) in [5.41, 5.74) is 0. The molecule has 1 unspecified atom stereocenters. The number of rotatable bonds is 6. The third-order valence-electron chi connectivity index (χ3n) is 3.62. The molecule has 102 valence electrons. The summed E-state index contributed by atoms with van der Waals surface area (Å²) >= 11 is 0.